The van der Waals surface area contributed by atoms with Gasteiger partial charge in [0.25, 0.3) is 0 Å². The highest BCUT2D eigenvalue weighted by molar-refractivity contribution is 7.10. The number of fused-ring (bicyclic) bond motifs is 1. The summed E-state index contributed by atoms with van der Waals surface area (Å²) in [5.74, 6) is 0.388. The van der Waals surface area contributed by atoms with Crippen molar-refractivity contribution in [1.29, 1.82) is 0 Å². The first-order chi connectivity index (χ1) is 10.7. The van der Waals surface area contributed by atoms with Crippen LogP contribution < -0.4 is 0 Å². The Balaban J connectivity index is 1.80. The molecule has 6 heteroatoms. The Morgan fingerprint density at radius 3 is 3.09 bits per heavy atom. The van der Waals surface area contributed by atoms with E-state index in [4.69, 9.17) is 4.74 Å². The lowest BCUT2D eigenvalue weighted by Gasteiger charge is -2.33. The van der Waals surface area contributed by atoms with Crippen LogP contribution in [-0.4, -0.2) is 40.8 Å². The molecule has 0 N–H and O–H groups in total. The van der Waals surface area contributed by atoms with E-state index >= 15 is 0 Å². The van der Waals surface area contributed by atoms with Crippen LogP contribution in [0.3, 0.4) is 0 Å². The Hall–Kier alpha value is -1.66. The third-order valence-electron chi connectivity index (χ3n) is 4.13. The topological polar surface area (TPSA) is 47.4 Å². The molecule has 5 nitrogen and oxygen atoms in total. The molecule has 0 radical (unpaired) electrons. The van der Waals surface area contributed by atoms with Gasteiger partial charge >= 0.3 is 0 Å². The van der Waals surface area contributed by atoms with Crippen molar-refractivity contribution in [2.24, 2.45) is 0 Å². The van der Waals surface area contributed by atoms with E-state index in [1.54, 1.807) is 18.4 Å². The number of nitrogens with zero attached hydrogens (tertiary/aromatic N) is 3. The van der Waals surface area contributed by atoms with Gasteiger partial charge in [0.1, 0.15) is 0 Å². The molecule has 1 amide bonds. The first-order valence-electron chi connectivity index (χ1n) is 7.56. The second-order valence-corrected chi connectivity index (χ2v) is 6.58. The number of methoxy groups -OCH3 is 1. The number of hydrogen-bond acceptors (Lipinski definition) is 4. The van der Waals surface area contributed by atoms with E-state index in [-0.39, 0.29) is 11.8 Å². The molecule has 0 saturated carbocycles. The van der Waals surface area contributed by atoms with Crippen molar-refractivity contribution in [2.75, 3.05) is 20.3 Å². The van der Waals surface area contributed by atoms with Crippen molar-refractivity contribution in [3.8, 4) is 0 Å². The molecule has 3 rings (SSSR count). The summed E-state index contributed by atoms with van der Waals surface area (Å²) in [5, 5.41) is 6.45. The van der Waals surface area contributed by atoms with Gasteiger partial charge in [0.05, 0.1) is 31.5 Å². The van der Waals surface area contributed by atoms with Crippen molar-refractivity contribution in [2.45, 2.75) is 32.4 Å². The van der Waals surface area contributed by atoms with Crippen LogP contribution in [0, 0.1) is 0 Å². The maximum Gasteiger partial charge on any atom is 0.228 e. The summed E-state index contributed by atoms with van der Waals surface area (Å²) in [4.78, 5) is 15.7. The van der Waals surface area contributed by atoms with E-state index in [1.807, 2.05) is 33.3 Å². The Labute approximate surface area is 134 Å². The first-order valence-corrected chi connectivity index (χ1v) is 8.44. The van der Waals surface area contributed by atoms with E-state index in [1.165, 1.54) is 5.56 Å². The van der Waals surface area contributed by atoms with Gasteiger partial charge in [0, 0.05) is 36.6 Å². The lowest BCUT2D eigenvalue weighted by atomic mass is 9.95. The third kappa shape index (κ3) is 2.94. The van der Waals surface area contributed by atoms with Crippen LogP contribution in [0.15, 0.2) is 23.7 Å². The molecule has 118 valence electrons. The molecule has 0 bridgehead atoms. The summed E-state index contributed by atoms with van der Waals surface area (Å²) in [6.45, 7) is 4.87. The van der Waals surface area contributed by atoms with Gasteiger partial charge in [-0.2, -0.15) is 5.10 Å². The molecule has 3 heterocycles. The summed E-state index contributed by atoms with van der Waals surface area (Å²) in [6, 6.07) is 4.00. The number of ether oxygens (including phenoxy) is 1. The molecule has 0 unspecified atom stereocenters. The summed E-state index contributed by atoms with van der Waals surface area (Å²) in [6.07, 6.45) is 2.41. The molecular formula is C16H21N3O2S. The van der Waals surface area contributed by atoms with E-state index in [2.05, 4.69) is 12.0 Å². The Morgan fingerprint density at radius 1 is 1.55 bits per heavy atom. The van der Waals surface area contributed by atoms with Crippen molar-refractivity contribution < 1.29 is 9.53 Å². The number of carbonyl (C=O) groups is 1. The van der Waals surface area contributed by atoms with Crippen molar-refractivity contribution in [3.05, 3.63) is 39.8 Å². The van der Waals surface area contributed by atoms with Crippen LogP contribution in [0.5, 0.6) is 0 Å². The van der Waals surface area contributed by atoms with Gasteiger partial charge in [0.15, 0.2) is 0 Å². The third-order valence-corrected chi connectivity index (χ3v) is 5.00. The van der Waals surface area contributed by atoms with Gasteiger partial charge in [-0.3, -0.25) is 9.48 Å². The molecule has 0 fully saturated rings. The molecule has 1 aliphatic rings. The number of thiophene rings is 1. The van der Waals surface area contributed by atoms with E-state index in [0.29, 0.717) is 26.1 Å². The van der Waals surface area contributed by atoms with Crippen molar-refractivity contribution in [3.63, 3.8) is 0 Å². The van der Waals surface area contributed by atoms with Gasteiger partial charge in [-0.05, 0) is 18.4 Å². The molecule has 2 aromatic rings. The highest BCUT2D eigenvalue weighted by Gasteiger charge is 2.31. The van der Waals surface area contributed by atoms with Crippen molar-refractivity contribution >= 4 is 17.2 Å². The number of aryl methyl sites for hydroxylation is 1. The molecule has 1 atom stereocenters. The average Bonchev–Trinajstić information content (AvgIpc) is 3.16. The molecule has 0 spiro atoms. The smallest absolute Gasteiger partial charge is 0.228 e. The van der Waals surface area contributed by atoms with Gasteiger partial charge < -0.3 is 9.64 Å². The molecule has 0 saturated heterocycles. The maximum atomic E-state index is 12.6. The molecule has 0 aromatic carbocycles. The van der Waals surface area contributed by atoms with Crippen LogP contribution in [-0.2, 0) is 29.0 Å². The zero-order chi connectivity index (χ0) is 15.5. The maximum absolute atomic E-state index is 12.6. The molecular weight excluding hydrogens is 298 g/mol. The van der Waals surface area contributed by atoms with E-state index in [0.717, 1.165) is 17.1 Å². The lowest BCUT2D eigenvalue weighted by Crippen LogP contribution is -2.40. The van der Waals surface area contributed by atoms with Gasteiger partial charge in [-0.15, -0.1) is 11.3 Å². The highest BCUT2D eigenvalue weighted by Crippen LogP contribution is 2.29. The van der Waals surface area contributed by atoms with Crippen LogP contribution in [0.1, 0.15) is 29.0 Å². The first kappa shape index (κ1) is 15.2. The molecule has 2 aromatic heterocycles. The lowest BCUT2D eigenvalue weighted by molar-refractivity contribution is -0.132. The fourth-order valence-corrected chi connectivity index (χ4v) is 3.72. The zero-order valence-electron chi connectivity index (χ0n) is 13.0. The second kappa shape index (κ2) is 6.62. The predicted molar refractivity (Wildman–Crippen MR) is 86.0 cm³/mol. The minimum Gasteiger partial charge on any atom is -0.384 e. The fourth-order valence-electron chi connectivity index (χ4n) is 3.03. The fraction of sp³-hybridized carbons (Fsp3) is 0.500. The van der Waals surface area contributed by atoms with E-state index < -0.39 is 0 Å². The average molecular weight is 319 g/mol. The number of aromatic nitrogens is 2. The zero-order valence-corrected chi connectivity index (χ0v) is 13.8. The van der Waals surface area contributed by atoms with Gasteiger partial charge in [0.2, 0.25) is 5.91 Å². The quantitative estimate of drug-likeness (QED) is 0.849. The van der Waals surface area contributed by atoms with Gasteiger partial charge in [-0.25, -0.2) is 0 Å². The highest BCUT2D eigenvalue weighted by atomic mass is 32.1. The Morgan fingerprint density at radius 2 is 2.41 bits per heavy atom. The summed E-state index contributed by atoms with van der Waals surface area (Å²) < 4.78 is 7.33. The summed E-state index contributed by atoms with van der Waals surface area (Å²) >= 11 is 1.63. The Kier molecular flexibility index (Phi) is 4.59. The van der Waals surface area contributed by atoms with Crippen molar-refractivity contribution in [1.82, 2.24) is 14.7 Å². The summed E-state index contributed by atoms with van der Waals surface area (Å²) in [5.41, 5.74) is 2.37. The van der Waals surface area contributed by atoms with Crippen LogP contribution >= 0.6 is 11.3 Å². The van der Waals surface area contributed by atoms with Crippen LogP contribution in [0.25, 0.3) is 0 Å². The minimum atomic E-state index is 0.179. The van der Waals surface area contributed by atoms with Crippen LogP contribution in [0.2, 0.25) is 0 Å². The number of carbonyl (C=O) groups excluding carboxylic acids is 1. The van der Waals surface area contributed by atoms with E-state index in [9.17, 15) is 4.79 Å². The largest absolute Gasteiger partial charge is 0.384 e. The molecule has 0 aliphatic carbocycles. The molecule has 1 aliphatic heterocycles. The second-order valence-electron chi connectivity index (χ2n) is 5.55. The Bertz CT molecular complexity index is 636. The normalized spacial score (nSPS) is 17.5. The number of hydrogen-bond donors (Lipinski definition) is 0. The van der Waals surface area contributed by atoms with Gasteiger partial charge in [-0.1, -0.05) is 6.07 Å². The predicted octanol–water partition coefficient (Wildman–Crippen LogP) is 2.28. The minimum absolute atomic E-state index is 0.179. The number of rotatable bonds is 5. The standard InChI is InChI=1S/C16H21N3O2S/c1-3-19-15-10-18(16(20)7-13-5-4-6-22-13)9-12(11-21-2)14(15)8-17-19/h4-6,8,12H,3,7,9-11H2,1-2H3/t12-/m0/s1. The SMILES string of the molecule is CCn1ncc2c1CN(C(=O)Cc1cccs1)C[C@H]2COC. The molecule has 22 heavy (non-hydrogen) atoms. The van der Waals surface area contributed by atoms with Crippen LogP contribution in [0.4, 0.5) is 0 Å². The number of amides is 1. The monoisotopic (exact) mass is 319 g/mol. The summed E-state index contributed by atoms with van der Waals surface area (Å²) in [7, 11) is 1.70.